The second-order valence-corrected chi connectivity index (χ2v) is 8.69. The molecule has 190 valence electrons. The minimum absolute atomic E-state index is 0.0135. The van der Waals surface area contributed by atoms with Crippen molar-refractivity contribution in [2.75, 3.05) is 24.4 Å². The van der Waals surface area contributed by atoms with Crippen molar-refractivity contribution in [2.24, 2.45) is 0 Å². The number of fused-ring (bicyclic) bond motifs is 1. The number of halogens is 1. The summed E-state index contributed by atoms with van der Waals surface area (Å²) in [6.07, 6.45) is 1.66. The van der Waals surface area contributed by atoms with Crippen molar-refractivity contribution in [3.63, 3.8) is 0 Å². The molecule has 0 radical (unpaired) electrons. The molecule has 1 N–H and O–H groups in total. The highest BCUT2D eigenvalue weighted by Crippen LogP contribution is 2.31. The van der Waals surface area contributed by atoms with Gasteiger partial charge in [0.1, 0.15) is 17.4 Å². The molecule has 1 amide bonds. The number of rotatable bonds is 8. The minimum atomic E-state index is -0.800. The van der Waals surface area contributed by atoms with E-state index < -0.39 is 11.9 Å². The van der Waals surface area contributed by atoms with Gasteiger partial charge in [-0.15, -0.1) is 0 Å². The smallest absolute Gasteiger partial charge is 0.416 e. The predicted molar refractivity (Wildman–Crippen MR) is 144 cm³/mol. The molecule has 0 spiro atoms. The van der Waals surface area contributed by atoms with Crippen molar-refractivity contribution >= 4 is 28.5 Å². The van der Waals surface area contributed by atoms with E-state index in [4.69, 9.17) is 14.5 Å². The quantitative estimate of drug-likeness (QED) is 0.271. The number of anilines is 2. The maximum absolute atomic E-state index is 14.4. The summed E-state index contributed by atoms with van der Waals surface area (Å²) in [6, 6.07) is 16.4. The zero-order valence-electron chi connectivity index (χ0n) is 21.3. The number of aromatic nitrogens is 2. The number of nitrogens with one attached hydrogen (secondary N) is 1. The van der Waals surface area contributed by atoms with Crippen LogP contribution < -0.4 is 15.0 Å². The minimum Gasteiger partial charge on any atom is -0.497 e. The zero-order chi connectivity index (χ0) is 26.5. The Balaban J connectivity index is 1.63. The van der Waals surface area contributed by atoms with Crippen LogP contribution in [0.15, 0.2) is 73.1 Å². The standard InChI is InChI=1S/C29H29FN4O3/c1-6-25-23(20-9-12-24(30)27(14-20)33-29(35)37-18(2)3)13-21-16-31-28(15-26(21)32-25)34(4)17-19-7-10-22(36-5)11-8-19/h7-16H,2,6,17H2,1,3-5H3,(H,33,35). The molecule has 2 aromatic heterocycles. The van der Waals surface area contributed by atoms with Crippen molar-refractivity contribution < 1.29 is 18.7 Å². The van der Waals surface area contributed by atoms with E-state index in [0.29, 0.717) is 13.0 Å². The molecule has 8 heteroatoms. The molecule has 4 rings (SSSR count). The first-order valence-electron chi connectivity index (χ1n) is 11.9. The van der Waals surface area contributed by atoms with Crippen molar-refractivity contribution in [2.45, 2.75) is 26.8 Å². The van der Waals surface area contributed by atoms with Gasteiger partial charge in [-0.3, -0.25) is 10.3 Å². The maximum atomic E-state index is 14.4. The highest BCUT2D eigenvalue weighted by atomic mass is 19.1. The fraction of sp³-hybridized carbons (Fsp3) is 0.207. The molecule has 0 bridgehead atoms. The lowest BCUT2D eigenvalue weighted by atomic mass is 10.00. The lowest BCUT2D eigenvalue weighted by molar-refractivity contribution is 0.192. The van der Waals surface area contributed by atoms with Crippen LogP contribution in [0.25, 0.3) is 22.0 Å². The van der Waals surface area contributed by atoms with Gasteiger partial charge in [0.15, 0.2) is 0 Å². The predicted octanol–water partition coefficient (Wildman–Crippen LogP) is 6.73. The number of ether oxygens (including phenoxy) is 2. The Bertz CT molecular complexity index is 1450. The van der Waals surface area contributed by atoms with Gasteiger partial charge in [-0.05, 0) is 54.8 Å². The van der Waals surface area contributed by atoms with Crippen LogP contribution in [0.4, 0.5) is 20.7 Å². The number of nitrogens with zero attached hydrogens (tertiary/aromatic N) is 3. The zero-order valence-corrected chi connectivity index (χ0v) is 21.3. The number of methoxy groups -OCH3 is 1. The lowest BCUT2D eigenvalue weighted by Gasteiger charge is -2.19. The summed E-state index contributed by atoms with van der Waals surface area (Å²) in [6.45, 7) is 7.76. The molecule has 0 unspecified atom stereocenters. The van der Waals surface area contributed by atoms with Crippen LogP contribution in [0.1, 0.15) is 25.1 Å². The molecule has 0 fully saturated rings. The number of pyridine rings is 2. The third kappa shape index (κ3) is 6.03. The first-order chi connectivity index (χ1) is 17.8. The number of carbonyl (C=O) groups is 1. The topological polar surface area (TPSA) is 76.6 Å². The van der Waals surface area contributed by atoms with Crippen LogP contribution in [0.2, 0.25) is 0 Å². The Morgan fingerprint density at radius 1 is 1.14 bits per heavy atom. The Labute approximate surface area is 215 Å². The average Bonchev–Trinajstić information content (AvgIpc) is 2.88. The molecule has 0 aliphatic carbocycles. The SMILES string of the molecule is C=C(C)OC(=O)Nc1cc(-c2cc3cnc(N(C)Cc4ccc(OC)cc4)cc3nc2CC)ccc1F. The fourth-order valence-electron chi connectivity index (χ4n) is 3.99. The number of benzene rings is 2. The van der Waals surface area contributed by atoms with E-state index in [-0.39, 0.29) is 11.4 Å². The number of amides is 1. The average molecular weight is 501 g/mol. The Kier molecular flexibility index (Phi) is 7.67. The van der Waals surface area contributed by atoms with E-state index in [1.165, 1.54) is 13.0 Å². The summed E-state index contributed by atoms with van der Waals surface area (Å²) in [4.78, 5) is 23.6. The van der Waals surface area contributed by atoms with Crippen LogP contribution in [-0.4, -0.2) is 30.2 Å². The number of carbonyl (C=O) groups excluding carboxylic acids is 1. The largest absolute Gasteiger partial charge is 0.497 e. The number of hydrogen-bond donors (Lipinski definition) is 1. The number of hydrogen-bond acceptors (Lipinski definition) is 6. The van der Waals surface area contributed by atoms with Crippen molar-refractivity contribution in [3.8, 4) is 16.9 Å². The summed E-state index contributed by atoms with van der Waals surface area (Å²) >= 11 is 0. The fourth-order valence-corrected chi connectivity index (χ4v) is 3.99. The summed E-state index contributed by atoms with van der Waals surface area (Å²) in [5.41, 5.74) is 4.38. The van der Waals surface area contributed by atoms with Gasteiger partial charge in [-0.2, -0.15) is 0 Å². The van der Waals surface area contributed by atoms with E-state index >= 15 is 0 Å². The normalized spacial score (nSPS) is 10.7. The first-order valence-corrected chi connectivity index (χ1v) is 11.9. The van der Waals surface area contributed by atoms with Gasteiger partial charge in [0, 0.05) is 42.5 Å². The third-order valence-electron chi connectivity index (χ3n) is 5.85. The van der Waals surface area contributed by atoms with Gasteiger partial charge in [-0.25, -0.2) is 14.2 Å². The van der Waals surface area contributed by atoms with E-state index in [1.54, 1.807) is 25.4 Å². The highest BCUT2D eigenvalue weighted by molar-refractivity contribution is 5.89. The van der Waals surface area contributed by atoms with Gasteiger partial charge >= 0.3 is 6.09 Å². The van der Waals surface area contributed by atoms with Crippen molar-refractivity contribution in [3.05, 3.63) is 90.2 Å². The van der Waals surface area contributed by atoms with Crippen LogP contribution in [0.5, 0.6) is 5.75 Å². The molecule has 0 atom stereocenters. The van der Waals surface area contributed by atoms with E-state index in [2.05, 4.69) is 21.8 Å². The third-order valence-corrected chi connectivity index (χ3v) is 5.85. The maximum Gasteiger partial charge on any atom is 0.416 e. The van der Waals surface area contributed by atoms with Gasteiger partial charge in [0.05, 0.1) is 24.1 Å². The molecule has 0 saturated heterocycles. The Hall–Kier alpha value is -4.46. The van der Waals surface area contributed by atoms with Gasteiger partial charge in [0.2, 0.25) is 0 Å². The summed E-state index contributed by atoms with van der Waals surface area (Å²) < 4.78 is 24.5. The van der Waals surface area contributed by atoms with Crippen molar-refractivity contribution in [1.82, 2.24) is 9.97 Å². The molecule has 0 saturated carbocycles. The molecule has 2 heterocycles. The molecule has 4 aromatic rings. The number of allylic oxidation sites excluding steroid dienone is 1. The molecular weight excluding hydrogens is 471 g/mol. The van der Waals surface area contributed by atoms with E-state index in [9.17, 15) is 9.18 Å². The summed E-state index contributed by atoms with van der Waals surface area (Å²) in [5.74, 6) is 1.26. The van der Waals surface area contributed by atoms with E-state index in [0.717, 1.165) is 44.9 Å². The lowest BCUT2D eigenvalue weighted by Crippen LogP contribution is -2.17. The molecule has 2 aromatic carbocycles. The van der Waals surface area contributed by atoms with Crippen LogP contribution in [-0.2, 0) is 17.7 Å². The summed E-state index contributed by atoms with van der Waals surface area (Å²) in [7, 11) is 3.63. The molecule has 7 nitrogen and oxygen atoms in total. The number of aryl methyl sites for hydroxylation is 1. The second kappa shape index (κ2) is 11.1. The van der Waals surface area contributed by atoms with Gasteiger partial charge in [0.25, 0.3) is 0 Å². The molecule has 37 heavy (non-hydrogen) atoms. The Morgan fingerprint density at radius 2 is 1.89 bits per heavy atom. The molecule has 0 aliphatic heterocycles. The van der Waals surface area contributed by atoms with Gasteiger partial charge < -0.3 is 14.4 Å². The van der Waals surface area contributed by atoms with Crippen LogP contribution >= 0.6 is 0 Å². The molecular formula is C29H29FN4O3. The first kappa shape index (κ1) is 25.6. The van der Waals surface area contributed by atoms with Crippen LogP contribution in [0, 0.1) is 5.82 Å². The van der Waals surface area contributed by atoms with Gasteiger partial charge in [-0.1, -0.05) is 31.7 Å². The second-order valence-electron chi connectivity index (χ2n) is 8.69. The van der Waals surface area contributed by atoms with E-state index in [1.807, 2.05) is 50.4 Å². The van der Waals surface area contributed by atoms with Crippen LogP contribution in [0.3, 0.4) is 0 Å². The summed E-state index contributed by atoms with van der Waals surface area (Å²) in [5, 5.41) is 3.29. The molecule has 0 aliphatic rings. The highest BCUT2D eigenvalue weighted by Gasteiger charge is 2.14. The Morgan fingerprint density at radius 3 is 2.57 bits per heavy atom. The monoisotopic (exact) mass is 500 g/mol. The van der Waals surface area contributed by atoms with Crippen molar-refractivity contribution in [1.29, 1.82) is 0 Å².